The first kappa shape index (κ1) is 44.7. The predicted octanol–water partition coefficient (Wildman–Crippen LogP) is -8.76. The third kappa shape index (κ3) is 15.3. The van der Waals surface area contributed by atoms with Gasteiger partial charge < -0.3 is 0 Å². The Morgan fingerprint density at radius 2 is 1.11 bits per heavy atom. The van der Waals surface area contributed by atoms with Crippen molar-refractivity contribution >= 4 is 69.0 Å². The average molecular weight is 1040 g/mol. The molecule has 0 aromatic heterocycles. The highest BCUT2D eigenvalue weighted by Crippen LogP contribution is 2.29. The molecule has 7 atom stereocenters. The second-order valence-electron chi connectivity index (χ2n) is 7.54. The molecule has 1 saturated heterocycles. The van der Waals surface area contributed by atoms with Gasteiger partial charge in [-0.3, -0.25) is 0 Å². The molecule has 7 unspecified atom stereocenters. The Kier molecular flexibility index (Phi) is 16.7. The van der Waals surface area contributed by atoms with Crippen molar-refractivity contribution in [2.75, 3.05) is 28.2 Å². The molecule has 0 amide bonds. The summed E-state index contributed by atoms with van der Waals surface area (Å²) >= 11 is 3.43. The summed E-state index contributed by atoms with van der Waals surface area (Å²) in [5.74, 6) is 68.8. The molecule has 1 rings (SSSR count). The van der Waals surface area contributed by atoms with E-state index in [9.17, 15) is 0 Å². The van der Waals surface area contributed by atoms with E-state index in [1.54, 1.807) is 0 Å². The van der Waals surface area contributed by atoms with Gasteiger partial charge in [0.1, 0.15) is 10.3 Å². The van der Waals surface area contributed by atoms with Crippen molar-refractivity contribution < 1.29 is 104 Å². The zero-order valence-electron chi connectivity index (χ0n) is 23.6. The zero-order chi connectivity index (χ0) is 36.0. The minimum atomic E-state index is -2.72. The van der Waals surface area contributed by atoms with E-state index in [2.05, 4.69) is 4.94 Å². The highest BCUT2D eigenvalue weighted by atomic mass is 127. The molecule has 276 valence electrons. The SMILES string of the molecule is CN(N)ON(N)O[N+]1(N)ON(N)O[N+](N)(ON(C)N)O[N+](N)(O[N+](C)(N)OI)O[N+](N)(OI)O[N+](N)(O[N+](N)(OI)ON(C)N)O1. The molecule has 1 heterocycles. The number of nitrogens with zero attached hydrogens (tertiary/aromatic N) is 12. The number of quaternary nitrogens is 7. The van der Waals surface area contributed by atoms with Gasteiger partial charge in [0.15, 0.2) is 49.8 Å². The van der Waals surface area contributed by atoms with E-state index >= 15 is 0 Å². The van der Waals surface area contributed by atoms with Crippen molar-refractivity contribution in [3.63, 3.8) is 0 Å². The van der Waals surface area contributed by atoms with Crippen molar-refractivity contribution in [3.05, 3.63) is 0 Å². The van der Waals surface area contributed by atoms with Crippen LogP contribution in [0.5, 0.6) is 0 Å². The van der Waals surface area contributed by atoms with Crippen LogP contribution in [-0.2, 0) is 68.8 Å². The van der Waals surface area contributed by atoms with Gasteiger partial charge in [-0.05, 0) is 6.33 Å². The van der Waals surface area contributed by atoms with Gasteiger partial charge in [-0.15, -0.1) is 16.0 Å². The fourth-order valence-corrected chi connectivity index (χ4v) is 2.50. The fraction of sp³-hybridized carbons (Fsp3) is 1.00. The molecule has 1 fully saturated rings. The van der Waals surface area contributed by atoms with E-state index in [1.807, 2.05) is 0 Å². The lowest BCUT2D eigenvalue weighted by atomic mass is 11.4. The first-order chi connectivity index (χ1) is 20.7. The monoisotopic (exact) mass is 1040 g/mol. The van der Waals surface area contributed by atoms with Gasteiger partial charge in [0.05, 0.1) is 5.34 Å². The molecule has 46 heavy (non-hydrogen) atoms. The fourth-order valence-electron chi connectivity index (χ4n) is 2.14. The summed E-state index contributed by atoms with van der Waals surface area (Å²) in [6.45, 7) is 0. The number of nitrogens with two attached hydrogens (primary N) is 12. The lowest BCUT2D eigenvalue weighted by Gasteiger charge is -2.32. The molecule has 42 heteroatoms. The normalized spacial score (nSPS) is 35.3. The van der Waals surface area contributed by atoms with Crippen molar-refractivity contribution in [1.82, 2.24) is 26.2 Å². The number of halogens is 3. The highest BCUT2D eigenvalue weighted by Gasteiger charge is 2.74. The summed E-state index contributed by atoms with van der Waals surface area (Å²) in [5.41, 5.74) is 0. The molecule has 24 N–H and O–H groups in total. The molecule has 1 aliphatic heterocycles. The van der Waals surface area contributed by atoms with Gasteiger partial charge in [-0.25, -0.2) is 29.2 Å². The quantitative estimate of drug-likeness (QED) is 0.0314. The minimum Gasteiger partial charge on any atom is -0.244 e. The summed E-state index contributed by atoms with van der Waals surface area (Å²) < 4.78 is 14.5. The smallest absolute Gasteiger partial charge is 0.244 e. The van der Waals surface area contributed by atoms with Crippen molar-refractivity contribution in [3.8, 4) is 0 Å². The lowest BCUT2D eigenvalue weighted by molar-refractivity contribution is -1.76. The molecule has 0 aliphatic carbocycles. The Morgan fingerprint density at radius 1 is 0.652 bits per heavy atom. The Hall–Kier alpha value is 0.630. The zero-order valence-corrected chi connectivity index (χ0v) is 30.0. The maximum Gasteiger partial charge on any atom is 0.359 e. The van der Waals surface area contributed by atoms with Crippen LogP contribution in [0.1, 0.15) is 0 Å². The number of hydrazine groups is 5. The van der Waals surface area contributed by atoms with Gasteiger partial charge in [-0.2, -0.15) is 0 Å². The molecule has 0 aromatic rings. The Balaban J connectivity index is 3.95. The lowest BCUT2D eigenvalue weighted by Crippen LogP contribution is -2.81. The summed E-state index contributed by atoms with van der Waals surface area (Å²) in [6.07, 6.45) is 0. The van der Waals surface area contributed by atoms with Gasteiger partial charge in [-0.1, -0.05) is 48.6 Å². The minimum absolute atomic E-state index is 0.144. The molecule has 39 nitrogen and oxygen atoms in total. The predicted molar refractivity (Wildman–Crippen MR) is 143 cm³/mol. The summed E-state index contributed by atoms with van der Waals surface area (Å²) in [5, 5.41) is -14.2. The number of rotatable bonds is 15. The van der Waals surface area contributed by atoms with Crippen molar-refractivity contribution in [1.29, 1.82) is 0 Å². The largest absolute Gasteiger partial charge is 0.359 e. The highest BCUT2D eigenvalue weighted by molar-refractivity contribution is 14.1. The van der Waals surface area contributed by atoms with E-state index in [4.69, 9.17) is 134 Å². The standard InChI is InChI=1S/C4H36I3N24O15/c1-20(8)35-23(11)38-29(17)40-24(12)39-28(16,37-22(3)10)45-30(18,41-25(4,13)32-5)43-27(15,34-7)44-31(19,46-29)42-26(14,33-6)36-21(2)9/h8-19H2,1-4H3/q+7. The number of hydroxylamine groups is 5. The molecular formula is C4H36I3N24O15+7. The van der Waals surface area contributed by atoms with Crippen LogP contribution >= 0.6 is 69.0 Å². The second kappa shape index (κ2) is 17.2. The van der Waals surface area contributed by atoms with E-state index < -0.39 is 35.4 Å². The van der Waals surface area contributed by atoms with Crippen LogP contribution in [0.3, 0.4) is 0 Å². The molecule has 0 spiro atoms. The van der Waals surface area contributed by atoms with Crippen LogP contribution < -0.4 is 70.1 Å². The Morgan fingerprint density at radius 3 is 1.50 bits per heavy atom. The van der Waals surface area contributed by atoms with Crippen molar-refractivity contribution in [2.24, 2.45) is 70.1 Å². The number of hydrogen-bond acceptors (Lipinski definition) is 32. The van der Waals surface area contributed by atoms with Crippen LogP contribution in [-0.4, -0.2) is 89.8 Å². The second-order valence-corrected chi connectivity index (χ2v) is 8.73. The van der Waals surface area contributed by atoms with Crippen molar-refractivity contribution in [2.45, 2.75) is 0 Å². The van der Waals surface area contributed by atoms with Crippen LogP contribution in [0.25, 0.3) is 0 Å². The molecule has 1 aliphatic rings. The van der Waals surface area contributed by atoms with E-state index in [0.29, 0.717) is 15.5 Å². The van der Waals surface area contributed by atoms with Gasteiger partial charge >= 0.3 is 15.2 Å². The summed E-state index contributed by atoms with van der Waals surface area (Å²) in [4.78, 5) is 58.6. The first-order valence-corrected chi connectivity index (χ1v) is 12.9. The van der Waals surface area contributed by atoms with E-state index in [0.717, 1.165) is 74.2 Å². The summed E-state index contributed by atoms with van der Waals surface area (Å²) in [6, 6.07) is 0. The van der Waals surface area contributed by atoms with Gasteiger partial charge in [0.25, 0.3) is 15.2 Å². The Labute approximate surface area is 296 Å². The molecule has 0 aromatic carbocycles. The maximum absolute atomic E-state index is 6.03. The summed E-state index contributed by atoms with van der Waals surface area (Å²) in [7, 11) is 4.24. The van der Waals surface area contributed by atoms with E-state index in [-0.39, 0.29) is 10.7 Å². The molecule has 0 radical (unpaired) electrons. The van der Waals surface area contributed by atoms with Crippen LogP contribution in [0.2, 0.25) is 0 Å². The average Bonchev–Trinajstić information content (AvgIpc) is 2.79. The maximum atomic E-state index is 6.03. The van der Waals surface area contributed by atoms with Gasteiger partial charge in [0, 0.05) is 45.8 Å². The third-order valence-electron chi connectivity index (χ3n) is 3.02. The first-order valence-electron chi connectivity index (χ1n) is 10.3. The molecular weight excluding hydrogens is 1000 g/mol. The molecule has 0 saturated carbocycles. The van der Waals surface area contributed by atoms with Gasteiger partial charge in [0.2, 0.25) is 55.9 Å². The Bertz CT molecular complexity index is 951. The van der Waals surface area contributed by atoms with Crippen LogP contribution in [0.15, 0.2) is 0 Å². The topological polar surface area (TPSA) is 467 Å². The number of hydrogen-bond donors (Lipinski definition) is 12. The van der Waals surface area contributed by atoms with Crippen LogP contribution in [0, 0.1) is 0 Å². The third-order valence-corrected chi connectivity index (χ3v) is 4.90. The van der Waals surface area contributed by atoms with Crippen LogP contribution in [0.4, 0.5) is 0 Å². The molecule has 0 bridgehead atoms. The van der Waals surface area contributed by atoms with E-state index in [1.165, 1.54) is 23.0 Å².